The van der Waals surface area contributed by atoms with Crippen molar-refractivity contribution in [1.29, 1.82) is 5.26 Å². The van der Waals surface area contributed by atoms with Gasteiger partial charge in [-0.05, 0) is 31.2 Å². The molecular formula is C19H15FN6O3. The van der Waals surface area contributed by atoms with Crippen molar-refractivity contribution in [3.63, 3.8) is 0 Å². The Labute approximate surface area is 164 Å². The first kappa shape index (κ1) is 18.2. The van der Waals surface area contributed by atoms with Crippen LogP contribution < -0.4 is 20.5 Å². The number of fused-ring (bicyclic) bond motifs is 5. The monoisotopic (exact) mass is 394 g/mol. The Hall–Kier alpha value is -4.13. The number of halogens is 1. The number of hydrogen-bond acceptors (Lipinski definition) is 7. The molecule has 2 aromatic heterocycles. The van der Waals surface area contributed by atoms with E-state index in [0.29, 0.717) is 16.7 Å². The van der Waals surface area contributed by atoms with Gasteiger partial charge in [-0.25, -0.2) is 14.2 Å². The number of ether oxygens (including phenoxy) is 2. The highest BCUT2D eigenvalue weighted by Gasteiger charge is 2.25. The fourth-order valence-electron chi connectivity index (χ4n) is 3.11. The van der Waals surface area contributed by atoms with Crippen molar-refractivity contribution >= 4 is 17.7 Å². The molecule has 29 heavy (non-hydrogen) atoms. The van der Waals surface area contributed by atoms with Crippen LogP contribution in [0.25, 0.3) is 11.1 Å². The fourth-order valence-corrected chi connectivity index (χ4v) is 3.11. The van der Waals surface area contributed by atoms with E-state index in [1.54, 1.807) is 20.0 Å². The van der Waals surface area contributed by atoms with Crippen LogP contribution in [-0.4, -0.2) is 20.9 Å². The standard InChI is InChI=1S/C19H15FN6O3/c1-9-12-6-11(20)3-4-14(12)29-19(27)24-18-16(13(7-21)26(2)25-18)10-5-15(28-9)17(22)23-8-10/h3-6,8-9H,1-2H3,(H2,22,23)(H,24,25,27). The Morgan fingerprint density at radius 2 is 2.14 bits per heavy atom. The van der Waals surface area contributed by atoms with E-state index in [4.69, 9.17) is 15.2 Å². The first-order chi connectivity index (χ1) is 13.9. The van der Waals surface area contributed by atoms with Crippen LogP contribution in [0, 0.1) is 17.1 Å². The number of amides is 1. The van der Waals surface area contributed by atoms with Gasteiger partial charge in [-0.2, -0.15) is 10.4 Å². The number of carbonyl (C=O) groups is 1. The number of nitrogen functional groups attached to an aromatic ring is 1. The molecule has 0 fully saturated rings. The zero-order chi connectivity index (χ0) is 20.7. The molecule has 1 unspecified atom stereocenters. The molecule has 3 N–H and O–H groups in total. The van der Waals surface area contributed by atoms with Crippen LogP contribution in [0.1, 0.15) is 24.3 Å². The van der Waals surface area contributed by atoms with E-state index in [9.17, 15) is 14.4 Å². The molecule has 0 saturated carbocycles. The number of hydrogen-bond donors (Lipinski definition) is 2. The Morgan fingerprint density at radius 3 is 2.90 bits per heavy atom. The third kappa shape index (κ3) is 3.19. The molecule has 1 amide bonds. The Kier molecular flexibility index (Phi) is 4.27. The number of rotatable bonds is 0. The zero-order valence-corrected chi connectivity index (χ0v) is 15.4. The second-order valence-corrected chi connectivity index (χ2v) is 6.37. The summed E-state index contributed by atoms with van der Waals surface area (Å²) in [7, 11) is 1.57. The average molecular weight is 394 g/mol. The normalized spacial score (nSPS) is 15.4. The predicted molar refractivity (Wildman–Crippen MR) is 101 cm³/mol. The van der Waals surface area contributed by atoms with Crippen molar-refractivity contribution in [2.45, 2.75) is 13.0 Å². The van der Waals surface area contributed by atoms with Crippen molar-refractivity contribution in [2.24, 2.45) is 7.05 Å². The van der Waals surface area contributed by atoms with Crippen molar-refractivity contribution in [3.8, 4) is 28.7 Å². The van der Waals surface area contributed by atoms with Gasteiger partial charge in [0, 0.05) is 24.4 Å². The van der Waals surface area contributed by atoms with Crippen LogP contribution in [0.2, 0.25) is 0 Å². The predicted octanol–water partition coefficient (Wildman–Crippen LogP) is 3.14. The number of nitrogens with one attached hydrogen (secondary N) is 1. The lowest BCUT2D eigenvalue weighted by Gasteiger charge is -2.20. The van der Waals surface area contributed by atoms with E-state index in [-0.39, 0.29) is 28.8 Å². The van der Waals surface area contributed by atoms with E-state index in [0.717, 1.165) is 0 Å². The van der Waals surface area contributed by atoms with Gasteiger partial charge in [0.15, 0.2) is 17.4 Å². The number of nitrogens with two attached hydrogens (primary N) is 1. The number of aryl methyl sites for hydroxylation is 1. The van der Waals surface area contributed by atoms with Crippen LogP contribution in [0.15, 0.2) is 30.5 Å². The summed E-state index contributed by atoms with van der Waals surface area (Å²) < 4.78 is 26.4. The summed E-state index contributed by atoms with van der Waals surface area (Å²) in [6.45, 7) is 1.66. The average Bonchev–Trinajstić information content (AvgIpc) is 2.98. The Bertz CT molecular complexity index is 1180. The lowest BCUT2D eigenvalue weighted by Crippen LogP contribution is -2.20. The Balaban J connectivity index is 1.94. The lowest BCUT2D eigenvalue weighted by molar-refractivity contribution is 0.205. The van der Waals surface area contributed by atoms with E-state index >= 15 is 0 Å². The molecule has 146 valence electrons. The molecule has 3 heterocycles. The topological polar surface area (TPSA) is 128 Å². The molecule has 0 saturated heterocycles. The van der Waals surface area contributed by atoms with Crippen molar-refractivity contribution in [1.82, 2.24) is 14.8 Å². The summed E-state index contributed by atoms with van der Waals surface area (Å²) in [6.07, 6.45) is -0.116. The number of aromatic nitrogens is 3. The lowest BCUT2D eigenvalue weighted by atomic mass is 10.1. The fraction of sp³-hybridized carbons (Fsp3) is 0.158. The third-order valence-corrected chi connectivity index (χ3v) is 4.46. The van der Waals surface area contributed by atoms with Crippen LogP contribution in [0.5, 0.6) is 11.5 Å². The van der Waals surface area contributed by atoms with Crippen molar-refractivity contribution in [2.75, 3.05) is 11.1 Å². The molecule has 1 aromatic carbocycles. The minimum absolute atomic E-state index is 0.101. The van der Waals surface area contributed by atoms with E-state index in [1.165, 1.54) is 29.1 Å². The van der Waals surface area contributed by atoms with Gasteiger partial charge in [0.05, 0.1) is 5.56 Å². The summed E-state index contributed by atoms with van der Waals surface area (Å²) in [5.41, 5.74) is 7.26. The van der Waals surface area contributed by atoms with Crippen molar-refractivity contribution in [3.05, 3.63) is 47.5 Å². The first-order valence-electron chi connectivity index (χ1n) is 8.55. The maximum atomic E-state index is 13.8. The molecule has 3 aromatic rings. The highest BCUT2D eigenvalue weighted by atomic mass is 19.1. The third-order valence-electron chi connectivity index (χ3n) is 4.46. The second-order valence-electron chi connectivity index (χ2n) is 6.37. The molecule has 1 aliphatic heterocycles. The van der Waals surface area contributed by atoms with Crippen LogP contribution in [0.4, 0.5) is 20.8 Å². The minimum atomic E-state index is -0.849. The van der Waals surface area contributed by atoms with E-state index in [1.807, 2.05) is 0 Å². The van der Waals surface area contributed by atoms with Gasteiger partial charge in [-0.15, -0.1) is 0 Å². The summed E-state index contributed by atoms with van der Waals surface area (Å²) in [5.74, 6) is 0.0441. The molecule has 0 spiro atoms. The van der Waals surface area contributed by atoms with Gasteiger partial charge in [-0.1, -0.05) is 0 Å². The molecule has 10 heteroatoms. The number of benzene rings is 1. The second kappa shape index (κ2) is 6.79. The van der Waals surface area contributed by atoms with Gasteiger partial charge in [-0.3, -0.25) is 10.00 Å². The first-order valence-corrected chi connectivity index (χ1v) is 8.55. The highest BCUT2D eigenvalue weighted by molar-refractivity contribution is 5.92. The van der Waals surface area contributed by atoms with Gasteiger partial charge >= 0.3 is 6.09 Å². The summed E-state index contributed by atoms with van der Waals surface area (Å²) in [4.78, 5) is 16.6. The van der Waals surface area contributed by atoms with Crippen molar-refractivity contribution < 1.29 is 18.7 Å². The maximum Gasteiger partial charge on any atom is 0.418 e. The van der Waals surface area contributed by atoms with Crippen LogP contribution in [0.3, 0.4) is 0 Å². The van der Waals surface area contributed by atoms with Crippen LogP contribution in [-0.2, 0) is 7.05 Å². The van der Waals surface area contributed by atoms with Gasteiger partial charge in [0.1, 0.15) is 29.4 Å². The van der Waals surface area contributed by atoms with E-state index in [2.05, 4.69) is 21.5 Å². The maximum absolute atomic E-state index is 13.8. The van der Waals surface area contributed by atoms with E-state index < -0.39 is 18.0 Å². The van der Waals surface area contributed by atoms with Gasteiger partial charge in [0.25, 0.3) is 0 Å². The van der Waals surface area contributed by atoms with Crippen LogP contribution >= 0.6 is 0 Å². The number of anilines is 2. The quantitative estimate of drug-likeness (QED) is 0.599. The molecule has 1 aliphatic rings. The number of nitriles is 1. The molecule has 0 aliphatic carbocycles. The molecular weight excluding hydrogens is 379 g/mol. The molecule has 4 rings (SSSR count). The zero-order valence-electron chi connectivity index (χ0n) is 15.4. The number of pyridine rings is 1. The molecule has 0 radical (unpaired) electrons. The Morgan fingerprint density at radius 1 is 1.34 bits per heavy atom. The summed E-state index contributed by atoms with van der Waals surface area (Å²) in [6, 6.07) is 7.35. The molecule has 2 bridgehead atoms. The SMILES string of the molecule is CC1Oc2cc(cnc2N)-c2c(nn(C)c2C#N)NC(=O)Oc2ccc(F)cc21. The van der Waals surface area contributed by atoms with Gasteiger partial charge < -0.3 is 15.2 Å². The molecule has 9 nitrogen and oxygen atoms in total. The smallest absolute Gasteiger partial charge is 0.418 e. The van der Waals surface area contributed by atoms with Gasteiger partial charge in [0.2, 0.25) is 0 Å². The summed E-state index contributed by atoms with van der Waals surface area (Å²) in [5, 5.41) is 16.2. The summed E-state index contributed by atoms with van der Waals surface area (Å²) >= 11 is 0. The number of carbonyl (C=O) groups excluding carboxylic acids is 1. The largest absolute Gasteiger partial charge is 0.482 e. The molecule has 1 atom stereocenters. The minimum Gasteiger partial charge on any atom is -0.482 e. The number of nitrogens with zero attached hydrogens (tertiary/aromatic N) is 4. The highest BCUT2D eigenvalue weighted by Crippen LogP contribution is 2.37.